The minimum atomic E-state index is -0.105. The van der Waals surface area contributed by atoms with Gasteiger partial charge in [-0.1, -0.05) is 12.1 Å². The van der Waals surface area contributed by atoms with Crippen LogP contribution in [0.5, 0.6) is 0 Å². The van der Waals surface area contributed by atoms with Gasteiger partial charge in [0.15, 0.2) is 0 Å². The Balaban J connectivity index is 1.19. The molecule has 0 spiro atoms. The van der Waals surface area contributed by atoms with E-state index in [1.165, 1.54) is 0 Å². The third-order valence-corrected chi connectivity index (χ3v) is 6.69. The normalized spacial score (nSPS) is 17.6. The minimum absolute atomic E-state index is 0.0121. The molecule has 0 aliphatic carbocycles. The van der Waals surface area contributed by atoms with Gasteiger partial charge >= 0.3 is 0 Å². The van der Waals surface area contributed by atoms with Crippen molar-refractivity contribution in [3.8, 4) is 11.3 Å². The van der Waals surface area contributed by atoms with Crippen molar-refractivity contribution in [3.63, 3.8) is 0 Å². The number of benzene rings is 2. The fourth-order valence-electron chi connectivity index (χ4n) is 4.61. The van der Waals surface area contributed by atoms with Crippen LogP contribution < -0.4 is 20.9 Å². The molecule has 5 rings (SSSR count). The molecule has 0 bridgehead atoms. The molecular weight excluding hydrogens is 454 g/mol. The summed E-state index contributed by atoms with van der Waals surface area (Å²) in [5.74, 6) is 0.661. The largest absolute Gasteiger partial charge is 0.368 e. The molecule has 2 amide bonds. The van der Waals surface area contributed by atoms with Gasteiger partial charge < -0.3 is 25.8 Å². The van der Waals surface area contributed by atoms with Crippen LogP contribution in [0.25, 0.3) is 11.3 Å². The number of aromatic nitrogens is 2. The molecule has 0 unspecified atom stereocenters. The van der Waals surface area contributed by atoms with Crippen molar-refractivity contribution in [2.45, 2.75) is 25.8 Å². The molecule has 2 aromatic carbocycles. The van der Waals surface area contributed by atoms with Gasteiger partial charge in [0.2, 0.25) is 17.8 Å². The second-order valence-corrected chi connectivity index (χ2v) is 9.15. The lowest BCUT2D eigenvalue weighted by atomic mass is 10.1. The number of piperazine rings is 1. The van der Waals surface area contributed by atoms with Gasteiger partial charge in [0.05, 0.1) is 11.7 Å². The third kappa shape index (κ3) is 5.63. The summed E-state index contributed by atoms with van der Waals surface area (Å²) in [7, 11) is 0. The predicted molar refractivity (Wildman–Crippen MR) is 141 cm³/mol. The summed E-state index contributed by atoms with van der Waals surface area (Å²) in [6, 6.07) is 17.6. The number of nitrogens with zero attached hydrogens (tertiary/aromatic N) is 4. The van der Waals surface area contributed by atoms with E-state index >= 15 is 0 Å². The zero-order valence-electron chi connectivity index (χ0n) is 20.4. The quantitative estimate of drug-likeness (QED) is 0.493. The molecule has 2 fully saturated rings. The Hall–Kier alpha value is -3.98. The third-order valence-electron chi connectivity index (χ3n) is 6.69. The second kappa shape index (κ2) is 10.7. The molecule has 3 aromatic rings. The maximum atomic E-state index is 12.3. The Labute approximate surface area is 210 Å². The molecule has 1 atom stereocenters. The molecule has 186 valence electrons. The summed E-state index contributed by atoms with van der Waals surface area (Å²) in [4.78, 5) is 37.1. The monoisotopic (exact) mass is 485 g/mol. The van der Waals surface area contributed by atoms with Gasteiger partial charge in [-0.2, -0.15) is 0 Å². The highest BCUT2D eigenvalue weighted by molar-refractivity contribution is 5.95. The summed E-state index contributed by atoms with van der Waals surface area (Å²) in [5, 5.41) is 9.47. The van der Waals surface area contributed by atoms with E-state index in [2.05, 4.69) is 43.0 Å². The smallest absolute Gasteiger partial charge is 0.241 e. The van der Waals surface area contributed by atoms with E-state index in [1.807, 2.05) is 47.4 Å². The van der Waals surface area contributed by atoms with Gasteiger partial charge in [-0.15, -0.1) is 0 Å². The molecule has 2 aliphatic rings. The van der Waals surface area contributed by atoms with Crippen LogP contribution in [0.15, 0.2) is 60.8 Å². The van der Waals surface area contributed by atoms with Crippen molar-refractivity contribution >= 4 is 34.8 Å². The number of amides is 2. The zero-order valence-corrected chi connectivity index (χ0v) is 20.4. The molecule has 0 radical (unpaired) electrons. The predicted octanol–water partition coefficient (Wildman–Crippen LogP) is 3.25. The highest BCUT2D eigenvalue weighted by Crippen LogP contribution is 2.24. The topological polar surface area (TPSA) is 102 Å². The van der Waals surface area contributed by atoms with E-state index in [1.54, 1.807) is 13.1 Å². The van der Waals surface area contributed by atoms with Crippen molar-refractivity contribution < 1.29 is 9.59 Å². The van der Waals surface area contributed by atoms with Gasteiger partial charge in [0.25, 0.3) is 0 Å². The van der Waals surface area contributed by atoms with Crippen molar-refractivity contribution in [1.82, 2.24) is 20.2 Å². The van der Waals surface area contributed by atoms with Crippen molar-refractivity contribution in [1.29, 1.82) is 0 Å². The highest BCUT2D eigenvalue weighted by atomic mass is 16.2. The average molecular weight is 486 g/mol. The van der Waals surface area contributed by atoms with Crippen LogP contribution in [-0.2, 0) is 9.59 Å². The second-order valence-electron chi connectivity index (χ2n) is 9.15. The summed E-state index contributed by atoms with van der Waals surface area (Å²) in [5.41, 5.74) is 4.54. The molecule has 2 aliphatic heterocycles. The Kier molecular flexibility index (Phi) is 7.08. The maximum Gasteiger partial charge on any atom is 0.241 e. The van der Waals surface area contributed by atoms with Gasteiger partial charge in [-0.3, -0.25) is 9.59 Å². The molecular formula is C27H31N7O2. The number of hydrogen-bond donors (Lipinski definition) is 3. The van der Waals surface area contributed by atoms with E-state index in [0.29, 0.717) is 5.95 Å². The lowest BCUT2D eigenvalue weighted by Gasteiger charge is -2.35. The first-order chi connectivity index (χ1) is 17.5. The van der Waals surface area contributed by atoms with Crippen LogP contribution in [-0.4, -0.2) is 65.4 Å². The van der Waals surface area contributed by atoms with E-state index in [0.717, 1.165) is 73.9 Å². The number of nitrogens with one attached hydrogen (secondary N) is 3. The van der Waals surface area contributed by atoms with E-state index in [9.17, 15) is 9.59 Å². The Morgan fingerprint density at radius 2 is 1.67 bits per heavy atom. The van der Waals surface area contributed by atoms with Crippen molar-refractivity contribution in [3.05, 3.63) is 60.8 Å². The molecule has 3 heterocycles. The first-order valence-electron chi connectivity index (χ1n) is 12.4. The highest BCUT2D eigenvalue weighted by Gasteiger charge is 2.22. The molecule has 9 nitrogen and oxygen atoms in total. The average Bonchev–Trinajstić information content (AvgIpc) is 3.45. The van der Waals surface area contributed by atoms with Crippen LogP contribution in [0.2, 0.25) is 0 Å². The molecule has 0 saturated carbocycles. The first kappa shape index (κ1) is 23.7. The van der Waals surface area contributed by atoms with Crippen LogP contribution in [0, 0.1) is 0 Å². The number of carbonyl (C=O) groups excluding carboxylic acids is 2. The fourth-order valence-corrected chi connectivity index (χ4v) is 4.61. The van der Waals surface area contributed by atoms with Gasteiger partial charge in [0, 0.05) is 61.9 Å². The van der Waals surface area contributed by atoms with Gasteiger partial charge in [-0.05, 0) is 61.9 Å². The summed E-state index contributed by atoms with van der Waals surface area (Å²) in [6.07, 6.45) is 3.64. The molecule has 1 aromatic heterocycles. The standard InChI is InChI=1S/C27H31N7O2/c1-19(35)33-15-17-34(18-16-33)23-10-8-22(9-11-23)31-27-29-14-12-24(32-27)20-4-6-21(7-5-20)30-26(36)25-3-2-13-28-25/h4-12,14,25,28H,2-3,13,15-18H2,1H3,(H,30,36)(H,29,31,32)/t25-/m1/s1. The van der Waals surface area contributed by atoms with Gasteiger partial charge in [0.1, 0.15) is 0 Å². The number of hydrogen-bond acceptors (Lipinski definition) is 7. The molecule has 36 heavy (non-hydrogen) atoms. The van der Waals surface area contributed by atoms with Crippen molar-refractivity contribution in [2.75, 3.05) is 48.3 Å². The maximum absolute atomic E-state index is 12.3. The Morgan fingerprint density at radius 1 is 0.944 bits per heavy atom. The van der Waals surface area contributed by atoms with Crippen molar-refractivity contribution in [2.24, 2.45) is 0 Å². The number of anilines is 4. The van der Waals surface area contributed by atoms with Crippen LogP contribution >= 0.6 is 0 Å². The summed E-state index contributed by atoms with van der Waals surface area (Å²) < 4.78 is 0. The molecule has 9 heteroatoms. The summed E-state index contributed by atoms with van der Waals surface area (Å²) >= 11 is 0. The van der Waals surface area contributed by atoms with Gasteiger partial charge in [-0.25, -0.2) is 9.97 Å². The Bertz CT molecular complexity index is 1200. The van der Waals surface area contributed by atoms with Crippen LogP contribution in [0.1, 0.15) is 19.8 Å². The van der Waals surface area contributed by atoms with Crippen LogP contribution in [0.3, 0.4) is 0 Å². The summed E-state index contributed by atoms with van der Waals surface area (Å²) in [6.45, 7) is 5.68. The molecule has 2 saturated heterocycles. The van der Waals surface area contributed by atoms with E-state index in [-0.39, 0.29) is 17.9 Å². The first-order valence-corrected chi connectivity index (χ1v) is 12.4. The number of carbonyl (C=O) groups is 2. The number of rotatable bonds is 6. The zero-order chi connectivity index (χ0) is 24.9. The molecule has 3 N–H and O–H groups in total. The lowest BCUT2D eigenvalue weighted by molar-refractivity contribution is -0.129. The lowest BCUT2D eigenvalue weighted by Crippen LogP contribution is -2.48. The van der Waals surface area contributed by atoms with E-state index < -0.39 is 0 Å². The Morgan fingerprint density at radius 3 is 2.33 bits per heavy atom. The SMILES string of the molecule is CC(=O)N1CCN(c2ccc(Nc3nccc(-c4ccc(NC(=O)[C@H]5CCCN5)cc4)n3)cc2)CC1. The van der Waals surface area contributed by atoms with Crippen LogP contribution in [0.4, 0.5) is 23.0 Å². The minimum Gasteiger partial charge on any atom is -0.368 e. The fraction of sp³-hybridized carbons (Fsp3) is 0.333. The van der Waals surface area contributed by atoms with E-state index in [4.69, 9.17) is 0 Å².